The first-order valence-electron chi connectivity index (χ1n) is 8.81. The van der Waals surface area contributed by atoms with Crippen molar-refractivity contribution in [3.8, 4) is 5.75 Å². The molecule has 0 saturated heterocycles. The van der Waals surface area contributed by atoms with Crippen molar-refractivity contribution in [2.75, 3.05) is 13.7 Å². The third-order valence-electron chi connectivity index (χ3n) is 4.14. The minimum Gasteiger partial charge on any atom is -0.483 e. The average molecular weight is 390 g/mol. The number of halogens is 2. The maximum atomic E-state index is 13.5. The lowest BCUT2D eigenvalue weighted by Crippen LogP contribution is -2.41. The fraction of sp³-hybridized carbons (Fsp3) is 0.333. The second-order valence-electron chi connectivity index (χ2n) is 7.32. The van der Waals surface area contributed by atoms with Crippen molar-refractivity contribution < 1.29 is 23.1 Å². The fourth-order valence-corrected chi connectivity index (χ4v) is 2.69. The first-order valence-corrected chi connectivity index (χ1v) is 8.81. The molecule has 0 heterocycles. The zero-order valence-corrected chi connectivity index (χ0v) is 16.3. The van der Waals surface area contributed by atoms with Crippen molar-refractivity contribution in [2.45, 2.75) is 32.2 Å². The lowest BCUT2D eigenvalue weighted by Gasteiger charge is -2.23. The Morgan fingerprint density at radius 1 is 1.07 bits per heavy atom. The third-order valence-corrected chi connectivity index (χ3v) is 4.14. The predicted octanol–water partition coefficient (Wildman–Crippen LogP) is 3.24. The summed E-state index contributed by atoms with van der Waals surface area (Å²) < 4.78 is 32.3. The Bertz CT molecular complexity index is 863. The Balaban J connectivity index is 2.13. The Hall–Kier alpha value is -2.96. The van der Waals surface area contributed by atoms with Crippen LogP contribution in [-0.2, 0) is 15.0 Å². The Labute approximate surface area is 163 Å². The van der Waals surface area contributed by atoms with E-state index in [1.165, 1.54) is 13.1 Å². The zero-order chi connectivity index (χ0) is 20.9. The molecule has 150 valence electrons. The molecule has 0 spiro atoms. The second kappa shape index (κ2) is 8.82. The quantitative estimate of drug-likeness (QED) is 0.796. The highest BCUT2D eigenvalue weighted by Gasteiger charge is 2.24. The van der Waals surface area contributed by atoms with E-state index < -0.39 is 29.5 Å². The molecule has 0 aliphatic carbocycles. The molecule has 0 saturated carbocycles. The molecular formula is C21H24F2N2O3. The van der Waals surface area contributed by atoms with Gasteiger partial charge >= 0.3 is 0 Å². The predicted molar refractivity (Wildman–Crippen MR) is 102 cm³/mol. The highest BCUT2D eigenvalue weighted by atomic mass is 19.2. The molecule has 5 nitrogen and oxygen atoms in total. The van der Waals surface area contributed by atoms with Crippen molar-refractivity contribution in [2.24, 2.45) is 0 Å². The van der Waals surface area contributed by atoms with Gasteiger partial charge < -0.3 is 15.4 Å². The van der Waals surface area contributed by atoms with Gasteiger partial charge in [0.15, 0.2) is 18.2 Å². The zero-order valence-electron chi connectivity index (χ0n) is 16.3. The minimum atomic E-state index is -1.17. The largest absolute Gasteiger partial charge is 0.483 e. The molecule has 1 unspecified atom stereocenters. The highest BCUT2D eigenvalue weighted by Crippen LogP contribution is 2.30. The number of likely N-dealkylation sites (N-methyl/N-ethyl adjacent to an activating group) is 1. The standard InChI is InChI=1S/C21H24F2N2O3/c1-21(2,3)14-7-5-6-8-17(14)28-12-18(26)25-19(20(27)24-4)13-9-10-15(22)16(23)11-13/h5-11,19H,12H2,1-4H3,(H,24,27)(H,25,26). The van der Waals surface area contributed by atoms with Gasteiger partial charge in [0.25, 0.3) is 5.91 Å². The summed E-state index contributed by atoms with van der Waals surface area (Å²) in [7, 11) is 1.39. The summed E-state index contributed by atoms with van der Waals surface area (Å²) in [5, 5.41) is 4.89. The normalized spacial score (nSPS) is 12.2. The summed E-state index contributed by atoms with van der Waals surface area (Å²) in [6.07, 6.45) is 0. The number of nitrogens with one attached hydrogen (secondary N) is 2. The van der Waals surface area contributed by atoms with Crippen LogP contribution >= 0.6 is 0 Å². The van der Waals surface area contributed by atoms with E-state index in [0.29, 0.717) is 5.75 Å². The minimum absolute atomic E-state index is 0.127. The monoisotopic (exact) mass is 390 g/mol. The number of para-hydroxylation sites is 1. The van der Waals surface area contributed by atoms with E-state index in [-0.39, 0.29) is 17.6 Å². The molecule has 0 aliphatic heterocycles. The maximum Gasteiger partial charge on any atom is 0.258 e. The molecule has 2 aromatic carbocycles. The van der Waals surface area contributed by atoms with E-state index in [2.05, 4.69) is 10.6 Å². The molecule has 28 heavy (non-hydrogen) atoms. The van der Waals surface area contributed by atoms with Gasteiger partial charge in [-0.2, -0.15) is 0 Å². The number of ether oxygens (including phenoxy) is 1. The van der Waals surface area contributed by atoms with Crippen LogP contribution in [0.5, 0.6) is 5.75 Å². The Morgan fingerprint density at radius 3 is 2.36 bits per heavy atom. The van der Waals surface area contributed by atoms with Crippen molar-refractivity contribution in [1.29, 1.82) is 0 Å². The van der Waals surface area contributed by atoms with Crippen LogP contribution in [0.3, 0.4) is 0 Å². The molecule has 7 heteroatoms. The van der Waals surface area contributed by atoms with Crippen molar-refractivity contribution in [3.05, 3.63) is 65.2 Å². The number of amides is 2. The van der Waals surface area contributed by atoms with Crippen LogP contribution in [0, 0.1) is 11.6 Å². The van der Waals surface area contributed by atoms with Gasteiger partial charge in [-0.05, 0) is 34.7 Å². The number of hydrogen-bond acceptors (Lipinski definition) is 3. The summed E-state index contributed by atoms with van der Waals surface area (Å²) in [5.74, 6) is -2.70. The van der Waals surface area contributed by atoms with Crippen LogP contribution in [0.2, 0.25) is 0 Å². The van der Waals surface area contributed by atoms with Crippen LogP contribution < -0.4 is 15.4 Å². The number of carbonyl (C=O) groups is 2. The second-order valence-corrected chi connectivity index (χ2v) is 7.32. The van der Waals surface area contributed by atoms with E-state index in [0.717, 1.165) is 17.7 Å². The first kappa shape index (κ1) is 21.3. The first-order chi connectivity index (χ1) is 13.1. The summed E-state index contributed by atoms with van der Waals surface area (Å²) in [6.45, 7) is 5.75. The molecule has 2 N–H and O–H groups in total. The molecule has 0 bridgehead atoms. The third kappa shape index (κ3) is 5.28. The van der Waals surface area contributed by atoms with Gasteiger partial charge in [-0.25, -0.2) is 8.78 Å². The lowest BCUT2D eigenvalue weighted by atomic mass is 9.86. The molecular weight excluding hydrogens is 366 g/mol. The van der Waals surface area contributed by atoms with Crippen LogP contribution in [0.1, 0.15) is 37.9 Å². The van der Waals surface area contributed by atoms with E-state index in [1.807, 2.05) is 32.9 Å². The Kier molecular flexibility index (Phi) is 6.72. The number of carbonyl (C=O) groups excluding carboxylic acids is 2. The van der Waals surface area contributed by atoms with Gasteiger partial charge in [0, 0.05) is 7.05 Å². The summed E-state index contributed by atoms with van der Waals surface area (Å²) in [4.78, 5) is 24.5. The van der Waals surface area contributed by atoms with Gasteiger partial charge in [-0.1, -0.05) is 45.0 Å². The average Bonchev–Trinajstić information content (AvgIpc) is 2.65. The molecule has 0 aliphatic rings. The van der Waals surface area contributed by atoms with E-state index >= 15 is 0 Å². The molecule has 2 aromatic rings. The van der Waals surface area contributed by atoms with E-state index in [9.17, 15) is 18.4 Å². The van der Waals surface area contributed by atoms with Crippen LogP contribution in [0.4, 0.5) is 8.78 Å². The maximum absolute atomic E-state index is 13.5. The fourth-order valence-electron chi connectivity index (χ4n) is 2.69. The topological polar surface area (TPSA) is 67.4 Å². The van der Waals surface area contributed by atoms with Crippen molar-refractivity contribution >= 4 is 11.8 Å². The molecule has 2 rings (SSSR count). The van der Waals surface area contributed by atoms with E-state index in [1.54, 1.807) is 12.1 Å². The van der Waals surface area contributed by atoms with Crippen molar-refractivity contribution in [3.63, 3.8) is 0 Å². The van der Waals surface area contributed by atoms with Gasteiger partial charge in [-0.3, -0.25) is 9.59 Å². The molecule has 1 atom stereocenters. The van der Waals surface area contributed by atoms with Crippen LogP contribution in [0.15, 0.2) is 42.5 Å². The van der Waals surface area contributed by atoms with Gasteiger partial charge in [0.05, 0.1) is 0 Å². The molecule has 0 aromatic heterocycles. The van der Waals surface area contributed by atoms with E-state index in [4.69, 9.17) is 4.74 Å². The van der Waals surface area contributed by atoms with Crippen molar-refractivity contribution in [1.82, 2.24) is 10.6 Å². The van der Waals surface area contributed by atoms with Gasteiger partial charge in [0.1, 0.15) is 11.8 Å². The highest BCUT2D eigenvalue weighted by molar-refractivity contribution is 5.89. The SMILES string of the molecule is CNC(=O)C(NC(=O)COc1ccccc1C(C)(C)C)c1ccc(F)c(F)c1. The molecule has 0 radical (unpaired) electrons. The lowest BCUT2D eigenvalue weighted by molar-refractivity contribution is -0.129. The summed E-state index contributed by atoms with van der Waals surface area (Å²) in [5.41, 5.74) is 0.886. The van der Waals surface area contributed by atoms with Crippen LogP contribution in [0.25, 0.3) is 0 Å². The number of benzene rings is 2. The number of rotatable bonds is 6. The van der Waals surface area contributed by atoms with Gasteiger partial charge in [0.2, 0.25) is 5.91 Å². The van der Waals surface area contributed by atoms with Crippen LogP contribution in [-0.4, -0.2) is 25.5 Å². The Morgan fingerprint density at radius 2 is 1.75 bits per heavy atom. The smallest absolute Gasteiger partial charge is 0.258 e. The number of hydrogen-bond donors (Lipinski definition) is 2. The molecule has 0 fully saturated rings. The molecule has 2 amide bonds. The summed E-state index contributed by atoms with van der Waals surface area (Å²) in [6, 6.07) is 9.23. The van der Waals surface area contributed by atoms with Gasteiger partial charge in [-0.15, -0.1) is 0 Å². The summed E-state index contributed by atoms with van der Waals surface area (Å²) >= 11 is 0.